The van der Waals surface area contributed by atoms with E-state index in [1.54, 1.807) is 37.6 Å². The number of hydrogen-bond acceptors (Lipinski definition) is 5. The third-order valence-corrected chi connectivity index (χ3v) is 5.24. The summed E-state index contributed by atoms with van der Waals surface area (Å²) < 4.78 is 5.28. The third-order valence-electron chi connectivity index (χ3n) is 4.12. The minimum absolute atomic E-state index is 0.303. The average Bonchev–Trinajstić information content (AvgIpc) is 2.96. The van der Waals surface area contributed by atoms with Gasteiger partial charge < -0.3 is 15.4 Å². The van der Waals surface area contributed by atoms with E-state index >= 15 is 0 Å². The minimum atomic E-state index is -0.310. The number of nitrogens with one attached hydrogen (secondary N) is 2. The molecular weight excluding hydrogens is 362 g/mol. The quantitative estimate of drug-likeness (QED) is 0.691. The molecule has 0 aliphatic heterocycles. The second kappa shape index (κ2) is 8.01. The van der Waals surface area contributed by atoms with Gasteiger partial charge in [0.05, 0.1) is 23.9 Å². The van der Waals surface area contributed by atoms with Gasteiger partial charge in [0.1, 0.15) is 10.8 Å². The fourth-order valence-electron chi connectivity index (χ4n) is 2.59. The van der Waals surface area contributed by atoms with E-state index in [9.17, 15) is 9.59 Å². The first-order chi connectivity index (χ1) is 13.0. The lowest BCUT2D eigenvalue weighted by molar-refractivity contribution is 0.102. The lowest BCUT2D eigenvalue weighted by atomic mass is 10.1. The van der Waals surface area contributed by atoms with Gasteiger partial charge in [-0.2, -0.15) is 0 Å². The predicted molar refractivity (Wildman–Crippen MR) is 107 cm³/mol. The number of rotatable bonds is 5. The van der Waals surface area contributed by atoms with E-state index in [1.807, 2.05) is 26.0 Å². The number of hydrogen-bond donors (Lipinski definition) is 2. The van der Waals surface area contributed by atoms with Gasteiger partial charge in [-0.05, 0) is 43.7 Å². The number of pyridine rings is 1. The number of ether oxygens (including phenoxy) is 1. The number of nitrogens with zero attached hydrogens (tertiary/aromatic N) is 1. The van der Waals surface area contributed by atoms with Crippen LogP contribution in [-0.2, 0) is 0 Å². The first-order valence-corrected chi connectivity index (χ1v) is 9.08. The Labute approximate surface area is 161 Å². The Balaban J connectivity index is 1.89. The molecule has 2 aromatic heterocycles. The van der Waals surface area contributed by atoms with E-state index in [0.717, 1.165) is 10.4 Å². The molecule has 0 radical (unpaired) electrons. The molecule has 3 rings (SSSR count). The lowest BCUT2D eigenvalue weighted by Gasteiger charge is -2.11. The van der Waals surface area contributed by atoms with Gasteiger partial charge in [0, 0.05) is 17.3 Å². The van der Waals surface area contributed by atoms with Gasteiger partial charge in [-0.1, -0.05) is 12.1 Å². The normalized spacial score (nSPS) is 10.3. The van der Waals surface area contributed by atoms with E-state index in [0.29, 0.717) is 27.6 Å². The molecule has 2 heterocycles. The minimum Gasteiger partial charge on any atom is -0.495 e. The standard InChI is InChI=1S/C20H19N3O3S/c1-12-13(2)27-20(23-18(24)14-7-6-10-21-11-14)17(12)19(25)22-15-8-4-5-9-16(15)26-3/h4-11H,1-3H3,(H,22,25)(H,23,24). The van der Waals surface area contributed by atoms with E-state index in [-0.39, 0.29) is 11.8 Å². The molecule has 0 bridgehead atoms. The summed E-state index contributed by atoms with van der Waals surface area (Å²) in [4.78, 5) is 30.3. The summed E-state index contributed by atoms with van der Waals surface area (Å²) in [5, 5.41) is 6.20. The molecule has 1 aromatic carbocycles. The molecule has 0 aliphatic rings. The van der Waals surface area contributed by atoms with Crippen LogP contribution in [0.15, 0.2) is 48.8 Å². The maximum Gasteiger partial charge on any atom is 0.259 e. The monoisotopic (exact) mass is 381 g/mol. The third kappa shape index (κ3) is 3.98. The van der Waals surface area contributed by atoms with Crippen molar-refractivity contribution in [3.63, 3.8) is 0 Å². The number of thiophene rings is 1. The molecule has 0 aliphatic carbocycles. The molecule has 6 nitrogen and oxygen atoms in total. The van der Waals surface area contributed by atoms with Gasteiger partial charge >= 0.3 is 0 Å². The zero-order valence-corrected chi connectivity index (χ0v) is 16.0. The van der Waals surface area contributed by atoms with Gasteiger partial charge in [-0.25, -0.2) is 0 Å². The van der Waals surface area contributed by atoms with Crippen LogP contribution in [-0.4, -0.2) is 23.9 Å². The Morgan fingerprint density at radius 3 is 2.52 bits per heavy atom. The van der Waals surface area contributed by atoms with Crippen molar-refractivity contribution < 1.29 is 14.3 Å². The van der Waals surface area contributed by atoms with Crippen LogP contribution in [0, 0.1) is 13.8 Å². The molecule has 2 amide bonds. The number of anilines is 2. The molecule has 138 valence electrons. The first-order valence-electron chi connectivity index (χ1n) is 8.27. The number of amides is 2. The van der Waals surface area contributed by atoms with Crippen LogP contribution in [0.3, 0.4) is 0 Å². The summed E-state index contributed by atoms with van der Waals surface area (Å²) in [6, 6.07) is 10.5. The van der Waals surface area contributed by atoms with Crippen LogP contribution < -0.4 is 15.4 Å². The number of methoxy groups -OCH3 is 1. The zero-order chi connectivity index (χ0) is 19.4. The lowest BCUT2D eigenvalue weighted by Crippen LogP contribution is -2.18. The van der Waals surface area contributed by atoms with E-state index in [2.05, 4.69) is 15.6 Å². The largest absolute Gasteiger partial charge is 0.495 e. The van der Waals surface area contributed by atoms with Crippen molar-refractivity contribution in [1.29, 1.82) is 0 Å². The van der Waals surface area contributed by atoms with Crippen molar-refractivity contribution in [3.8, 4) is 5.75 Å². The molecule has 0 unspecified atom stereocenters. The molecular formula is C20H19N3O3S. The topological polar surface area (TPSA) is 80.3 Å². The van der Waals surface area contributed by atoms with E-state index in [1.165, 1.54) is 17.5 Å². The first kappa shape index (κ1) is 18.6. The Kier molecular flexibility index (Phi) is 5.52. The van der Waals surface area contributed by atoms with Crippen LogP contribution >= 0.6 is 11.3 Å². The van der Waals surface area contributed by atoms with Crippen LogP contribution in [0.25, 0.3) is 0 Å². The Morgan fingerprint density at radius 2 is 1.81 bits per heavy atom. The Hall–Kier alpha value is -3.19. The average molecular weight is 381 g/mol. The summed E-state index contributed by atoms with van der Waals surface area (Å²) in [5.41, 5.74) is 2.27. The maximum absolute atomic E-state index is 12.9. The number of benzene rings is 1. The smallest absolute Gasteiger partial charge is 0.259 e. The van der Waals surface area contributed by atoms with Gasteiger partial charge in [-0.3, -0.25) is 14.6 Å². The van der Waals surface area contributed by atoms with Crippen LogP contribution in [0.2, 0.25) is 0 Å². The van der Waals surface area contributed by atoms with Gasteiger partial charge in [-0.15, -0.1) is 11.3 Å². The molecule has 0 spiro atoms. The van der Waals surface area contributed by atoms with Crippen molar-refractivity contribution in [2.75, 3.05) is 17.7 Å². The Bertz CT molecular complexity index is 983. The molecule has 0 saturated carbocycles. The predicted octanol–water partition coefficient (Wildman–Crippen LogP) is 4.27. The summed E-state index contributed by atoms with van der Waals surface area (Å²) in [6.45, 7) is 3.78. The molecule has 0 saturated heterocycles. The fraction of sp³-hybridized carbons (Fsp3) is 0.150. The van der Waals surface area contributed by atoms with Gasteiger partial charge in [0.2, 0.25) is 0 Å². The molecule has 7 heteroatoms. The second-order valence-electron chi connectivity index (χ2n) is 5.84. The fourth-order valence-corrected chi connectivity index (χ4v) is 3.65. The SMILES string of the molecule is COc1ccccc1NC(=O)c1c(NC(=O)c2cccnc2)sc(C)c1C. The number of carbonyl (C=O) groups is 2. The van der Waals surface area contributed by atoms with Crippen molar-refractivity contribution in [3.05, 3.63) is 70.4 Å². The van der Waals surface area contributed by atoms with Crippen molar-refractivity contribution >= 4 is 33.8 Å². The highest BCUT2D eigenvalue weighted by molar-refractivity contribution is 7.16. The summed E-state index contributed by atoms with van der Waals surface area (Å²) in [6.07, 6.45) is 3.08. The highest BCUT2D eigenvalue weighted by Gasteiger charge is 2.22. The zero-order valence-electron chi connectivity index (χ0n) is 15.2. The van der Waals surface area contributed by atoms with Gasteiger partial charge in [0.15, 0.2) is 0 Å². The molecule has 27 heavy (non-hydrogen) atoms. The number of aryl methyl sites for hydroxylation is 1. The van der Waals surface area contributed by atoms with E-state index < -0.39 is 0 Å². The van der Waals surface area contributed by atoms with E-state index in [4.69, 9.17) is 4.74 Å². The molecule has 3 aromatic rings. The highest BCUT2D eigenvalue weighted by atomic mass is 32.1. The molecule has 0 atom stereocenters. The number of para-hydroxylation sites is 2. The van der Waals surface area contributed by atoms with Crippen LogP contribution in [0.1, 0.15) is 31.2 Å². The van der Waals surface area contributed by atoms with Crippen molar-refractivity contribution in [1.82, 2.24) is 4.98 Å². The van der Waals surface area contributed by atoms with Gasteiger partial charge in [0.25, 0.3) is 11.8 Å². The second-order valence-corrected chi connectivity index (χ2v) is 7.06. The molecule has 0 fully saturated rings. The van der Waals surface area contributed by atoms with Crippen LogP contribution in [0.5, 0.6) is 5.75 Å². The summed E-state index contributed by atoms with van der Waals surface area (Å²) in [5.74, 6) is -0.0464. The summed E-state index contributed by atoms with van der Waals surface area (Å²) >= 11 is 1.37. The number of aromatic nitrogens is 1. The molecule has 2 N–H and O–H groups in total. The Morgan fingerprint density at radius 1 is 1.04 bits per heavy atom. The maximum atomic E-state index is 12.9. The van der Waals surface area contributed by atoms with Crippen molar-refractivity contribution in [2.45, 2.75) is 13.8 Å². The van der Waals surface area contributed by atoms with Crippen molar-refractivity contribution in [2.24, 2.45) is 0 Å². The summed E-state index contributed by atoms with van der Waals surface area (Å²) in [7, 11) is 1.55. The number of carbonyl (C=O) groups excluding carboxylic acids is 2. The highest BCUT2D eigenvalue weighted by Crippen LogP contribution is 2.34. The van der Waals surface area contributed by atoms with Crippen LogP contribution in [0.4, 0.5) is 10.7 Å².